The predicted octanol–water partition coefficient (Wildman–Crippen LogP) is 1.12. The Morgan fingerprint density at radius 3 is 2.71 bits per heavy atom. The van der Waals surface area contributed by atoms with E-state index in [1.165, 1.54) is 36.4 Å². The molecule has 1 amide bonds. The second kappa shape index (κ2) is 6.28. The van der Waals surface area contributed by atoms with E-state index < -0.39 is 0 Å². The lowest BCUT2D eigenvalue weighted by molar-refractivity contribution is -0.122. The van der Waals surface area contributed by atoms with Crippen molar-refractivity contribution in [3.63, 3.8) is 0 Å². The molecular formula is C15H22N4O2. The third-order valence-corrected chi connectivity index (χ3v) is 4.18. The van der Waals surface area contributed by atoms with E-state index in [2.05, 4.69) is 15.7 Å². The number of nitrogens with zero attached hydrogens (tertiary/aromatic N) is 2. The molecule has 21 heavy (non-hydrogen) atoms. The first kappa shape index (κ1) is 14.1. The summed E-state index contributed by atoms with van der Waals surface area (Å²) in [7, 11) is 0. The molecule has 1 heterocycles. The summed E-state index contributed by atoms with van der Waals surface area (Å²) >= 11 is 0. The van der Waals surface area contributed by atoms with Gasteiger partial charge in [0.2, 0.25) is 5.91 Å². The minimum absolute atomic E-state index is 0.00175. The Morgan fingerprint density at radius 1 is 1.29 bits per heavy atom. The van der Waals surface area contributed by atoms with E-state index in [-0.39, 0.29) is 24.1 Å². The lowest BCUT2D eigenvalue weighted by atomic mass is 10.2. The molecule has 6 heteroatoms. The van der Waals surface area contributed by atoms with Crippen LogP contribution in [-0.4, -0.2) is 28.3 Å². The van der Waals surface area contributed by atoms with Gasteiger partial charge >= 0.3 is 0 Å². The highest BCUT2D eigenvalue weighted by Gasteiger charge is 2.21. The smallest absolute Gasteiger partial charge is 0.269 e. The molecule has 0 aromatic carbocycles. The van der Waals surface area contributed by atoms with Gasteiger partial charge in [0.1, 0.15) is 6.54 Å². The number of carbonyl (C=O) groups excluding carboxylic acids is 1. The van der Waals surface area contributed by atoms with Crippen LogP contribution in [0.5, 0.6) is 0 Å². The Labute approximate surface area is 123 Å². The average molecular weight is 290 g/mol. The molecule has 1 aromatic rings. The van der Waals surface area contributed by atoms with Crippen LogP contribution in [0.1, 0.15) is 38.5 Å². The van der Waals surface area contributed by atoms with Gasteiger partial charge in [0.05, 0.1) is 11.9 Å². The van der Waals surface area contributed by atoms with E-state index >= 15 is 0 Å². The maximum absolute atomic E-state index is 12.0. The molecule has 0 saturated heterocycles. The van der Waals surface area contributed by atoms with Gasteiger partial charge in [0.15, 0.2) is 0 Å². The van der Waals surface area contributed by atoms with Crippen LogP contribution in [-0.2, 0) is 11.3 Å². The van der Waals surface area contributed by atoms with E-state index in [1.807, 2.05) is 0 Å². The molecule has 0 spiro atoms. The monoisotopic (exact) mass is 290 g/mol. The number of rotatable bonds is 6. The predicted molar refractivity (Wildman–Crippen MR) is 80.1 cm³/mol. The molecule has 0 radical (unpaired) electrons. The first-order valence-corrected chi connectivity index (χ1v) is 7.81. The number of hydrogen-bond acceptors (Lipinski definition) is 4. The minimum Gasteiger partial charge on any atom is -0.383 e. The van der Waals surface area contributed by atoms with Gasteiger partial charge in [-0.3, -0.25) is 9.59 Å². The van der Waals surface area contributed by atoms with Gasteiger partial charge in [-0.15, -0.1) is 0 Å². The van der Waals surface area contributed by atoms with Crippen molar-refractivity contribution in [2.75, 3.05) is 11.9 Å². The Kier molecular flexibility index (Phi) is 4.22. The molecule has 0 atom stereocenters. The highest BCUT2D eigenvalue weighted by Crippen LogP contribution is 2.28. The number of carbonyl (C=O) groups is 1. The van der Waals surface area contributed by atoms with Crippen molar-refractivity contribution < 1.29 is 4.79 Å². The zero-order valence-corrected chi connectivity index (χ0v) is 12.2. The van der Waals surface area contributed by atoms with Crippen LogP contribution in [0.4, 0.5) is 5.69 Å². The van der Waals surface area contributed by atoms with E-state index in [9.17, 15) is 9.59 Å². The van der Waals surface area contributed by atoms with E-state index in [4.69, 9.17) is 0 Å². The highest BCUT2D eigenvalue weighted by atomic mass is 16.2. The Bertz CT molecular complexity index is 559. The summed E-state index contributed by atoms with van der Waals surface area (Å²) in [5.41, 5.74) is 0.497. The normalized spacial score (nSPS) is 18.7. The van der Waals surface area contributed by atoms with Crippen molar-refractivity contribution in [1.29, 1.82) is 0 Å². The summed E-state index contributed by atoms with van der Waals surface area (Å²) in [5.74, 6) is 0.611. The van der Waals surface area contributed by atoms with Gasteiger partial charge < -0.3 is 10.6 Å². The van der Waals surface area contributed by atoms with Crippen LogP contribution >= 0.6 is 0 Å². The molecule has 2 fully saturated rings. The van der Waals surface area contributed by atoms with Crippen LogP contribution in [0.2, 0.25) is 0 Å². The fraction of sp³-hybridized carbons (Fsp3) is 0.667. The van der Waals surface area contributed by atoms with Crippen molar-refractivity contribution in [3.05, 3.63) is 22.6 Å². The van der Waals surface area contributed by atoms with E-state index in [0.29, 0.717) is 0 Å². The average Bonchev–Trinajstić information content (AvgIpc) is 3.16. The summed E-state index contributed by atoms with van der Waals surface area (Å²) in [6.45, 7) is 0.894. The topological polar surface area (TPSA) is 76.0 Å². The molecule has 114 valence electrons. The van der Waals surface area contributed by atoms with Crippen molar-refractivity contribution in [1.82, 2.24) is 15.1 Å². The Balaban J connectivity index is 1.54. The molecule has 2 aliphatic carbocycles. The summed E-state index contributed by atoms with van der Waals surface area (Å²) in [4.78, 5) is 23.9. The second-order valence-electron chi connectivity index (χ2n) is 6.11. The van der Waals surface area contributed by atoms with Crippen LogP contribution < -0.4 is 16.2 Å². The lowest BCUT2D eigenvalue weighted by Gasteiger charge is -2.12. The highest BCUT2D eigenvalue weighted by molar-refractivity contribution is 5.76. The van der Waals surface area contributed by atoms with E-state index in [0.717, 1.165) is 31.0 Å². The summed E-state index contributed by atoms with van der Waals surface area (Å²) in [5, 5.41) is 10.2. The van der Waals surface area contributed by atoms with E-state index in [1.54, 1.807) is 6.20 Å². The number of anilines is 1. The van der Waals surface area contributed by atoms with Crippen molar-refractivity contribution in [2.45, 2.75) is 51.1 Å². The molecule has 0 bridgehead atoms. The molecular weight excluding hydrogens is 268 g/mol. The van der Waals surface area contributed by atoms with Crippen molar-refractivity contribution in [3.8, 4) is 0 Å². The molecule has 2 N–H and O–H groups in total. The molecule has 1 aromatic heterocycles. The number of hydrogen-bond donors (Lipinski definition) is 2. The zero-order valence-electron chi connectivity index (χ0n) is 12.2. The molecule has 6 nitrogen and oxygen atoms in total. The van der Waals surface area contributed by atoms with Crippen LogP contribution in [0.25, 0.3) is 0 Å². The van der Waals surface area contributed by atoms with Gasteiger partial charge in [-0.2, -0.15) is 5.10 Å². The van der Waals surface area contributed by atoms with Crippen LogP contribution in [0.15, 0.2) is 17.1 Å². The Hall–Kier alpha value is -1.85. The van der Waals surface area contributed by atoms with Crippen LogP contribution in [0, 0.1) is 5.92 Å². The van der Waals surface area contributed by atoms with Gasteiger partial charge in [-0.05, 0) is 31.6 Å². The minimum atomic E-state index is -0.239. The third-order valence-electron chi connectivity index (χ3n) is 4.18. The van der Waals surface area contributed by atoms with Crippen molar-refractivity contribution in [2.24, 2.45) is 5.92 Å². The number of amides is 1. The molecule has 2 aliphatic rings. The molecule has 0 aliphatic heterocycles. The number of nitrogens with one attached hydrogen (secondary N) is 2. The molecule has 2 saturated carbocycles. The lowest BCUT2D eigenvalue weighted by Crippen LogP contribution is -2.38. The first-order chi connectivity index (χ1) is 10.2. The van der Waals surface area contributed by atoms with Gasteiger partial charge in [0, 0.05) is 18.7 Å². The largest absolute Gasteiger partial charge is 0.383 e. The van der Waals surface area contributed by atoms with Crippen LogP contribution in [0.3, 0.4) is 0 Å². The fourth-order valence-corrected chi connectivity index (χ4v) is 2.71. The second-order valence-corrected chi connectivity index (χ2v) is 6.11. The fourth-order valence-electron chi connectivity index (χ4n) is 2.71. The van der Waals surface area contributed by atoms with Gasteiger partial charge in [0.25, 0.3) is 5.56 Å². The Morgan fingerprint density at radius 2 is 2.05 bits per heavy atom. The van der Waals surface area contributed by atoms with Gasteiger partial charge in [-0.1, -0.05) is 12.8 Å². The zero-order chi connectivity index (χ0) is 14.7. The molecule has 0 unspecified atom stereocenters. The SMILES string of the molecule is O=C(Cn1ncc(NCC2CC2)cc1=O)NC1CCCC1. The first-order valence-electron chi connectivity index (χ1n) is 7.81. The summed E-state index contributed by atoms with van der Waals surface area (Å²) in [6, 6.07) is 1.78. The summed E-state index contributed by atoms with van der Waals surface area (Å²) < 4.78 is 1.21. The quantitative estimate of drug-likeness (QED) is 0.823. The summed E-state index contributed by atoms with van der Waals surface area (Å²) in [6.07, 6.45) is 8.56. The van der Waals surface area contributed by atoms with Gasteiger partial charge in [-0.25, -0.2) is 4.68 Å². The maximum atomic E-state index is 12.0. The molecule has 3 rings (SSSR count). The van der Waals surface area contributed by atoms with Crippen molar-refractivity contribution >= 4 is 11.6 Å². The maximum Gasteiger partial charge on any atom is 0.269 e. The third kappa shape index (κ3) is 4.06. The number of aromatic nitrogens is 2. The standard InChI is InChI=1S/C15H22N4O2/c20-14(18-12-3-1-2-4-12)10-19-15(21)7-13(9-17-19)16-8-11-5-6-11/h7,9,11-12,16H,1-6,8,10H2,(H,18,20).